The number of anilines is 2. The zero-order valence-corrected chi connectivity index (χ0v) is 17.6. The first-order valence-corrected chi connectivity index (χ1v) is 11.2. The van der Waals surface area contributed by atoms with Gasteiger partial charge in [-0.25, -0.2) is 0 Å². The topological polar surface area (TPSA) is 64.7 Å². The molecular formula is C25H28N4O2. The highest BCUT2D eigenvalue weighted by atomic mass is 16.2. The highest BCUT2D eigenvalue weighted by Crippen LogP contribution is 2.27. The van der Waals surface area contributed by atoms with Crippen molar-refractivity contribution in [1.82, 2.24) is 10.2 Å². The summed E-state index contributed by atoms with van der Waals surface area (Å²) < 4.78 is 0. The summed E-state index contributed by atoms with van der Waals surface area (Å²) in [6.45, 7) is 4.42. The van der Waals surface area contributed by atoms with Gasteiger partial charge in [-0.3, -0.25) is 19.8 Å². The third kappa shape index (κ3) is 4.08. The number of hydrogen-bond donors (Lipinski definition) is 2. The van der Waals surface area contributed by atoms with E-state index in [4.69, 9.17) is 0 Å². The lowest BCUT2D eigenvalue weighted by atomic mass is 9.96. The maximum atomic E-state index is 12.3. The molecule has 0 spiro atoms. The number of carbonyl (C=O) groups excluding carboxylic acids is 2. The van der Waals surface area contributed by atoms with Crippen LogP contribution < -0.4 is 15.5 Å². The number of fused-ring (bicyclic) bond motifs is 1. The molecule has 2 fully saturated rings. The fraction of sp³-hybridized carbons (Fsp3) is 0.360. The minimum Gasteiger partial charge on any atom is -0.369 e. The average molecular weight is 417 g/mol. The van der Waals surface area contributed by atoms with Gasteiger partial charge in [-0.2, -0.15) is 0 Å². The van der Waals surface area contributed by atoms with Gasteiger partial charge in [0.25, 0.3) is 11.8 Å². The zero-order valence-electron chi connectivity index (χ0n) is 17.6. The number of hydrogen-bond acceptors (Lipinski definition) is 5. The number of nitrogens with one attached hydrogen (secondary N) is 2. The molecule has 2 heterocycles. The Hall–Kier alpha value is -3.12. The van der Waals surface area contributed by atoms with Crippen LogP contribution in [0.4, 0.5) is 11.4 Å². The maximum absolute atomic E-state index is 12.3. The highest BCUT2D eigenvalue weighted by Gasteiger charge is 2.27. The molecule has 160 valence electrons. The third-order valence-corrected chi connectivity index (χ3v) is 6.70. The van der Waals surface area contributed by atoms with E-state index in [0.717, 1.165) is 37.9 Å². The van der Waals surface area contributed by atoms with Crippen molar-refractivity contribution >= 4 is 28.8 Å². The van der Waals surface area contributed by atoms with Crippen LogP contribution in [0.25, 0.3) is 5.57 Å². The van der Waals surface area contributed by atoms with E-state index in [9.17, 15) is 9.59 Å². The molecule has 1 saturated carbocycles. The quantitative estimate of drug-likeness (QED) is 0.590. The lowest BCUT2D eigenvalue weighted by Crippen LogP contribution is -2.49. The van der Waals surface area contributed by atoms with Gasteiger partial charge in [0, 0.05) is 60.9 Å². The SMILES string of the molecule is O=C1NC(=O)c2ccccc2C1=CNc1ccc(N2CCN(C3CCCC3)CC2)cc1. The minimum absolute atomic E-state index is 0.352. The molecule has 1 saturated heterocycles. The molecule has 5 rings (SSSR count). The normalized spacial score (nSPS) is 21.3. The second-order valence-electron chi connectivity index (χ2n) is 8.54. The molecule has 2 aliphatic heterocycles. The van der Waals surface area contributed by atoms with Crippen molar-refractivity contribution in [2.75, 3.05) is 36.4 Å². The van der Waals surface area contributed by atoms with Gasteiger partial charge in [-0.05, 0) is 43.2 Å². The second-order valence-corrected chi connectivity index (χ2v) is 8.54. The number of carbonyl (C=O) groups is 2. The molecule has 2 N–H and O–H groups in total. The molecule has 1 aliphatic carbocycles. The van der Waals surface area contributed by atoms with Crippen LogP contribution in [0, 0.1) is 0 Å². The number of nitrogens with zero attached hydrogens (tertiary/aromatic N) is 2. The van der Waals surface area contributed by atoms with Gasteiger partial charge in [0.05, 0.1) is 5.57 Å². The van der Waals surface area contributed by atoms with Crippen LogP contribution in [0.15, 0.2) is 54.7 Å². The van der Waals surface area contributed by atoms with Crippen LogP contribution in [-0.2, 0) is 4.79 Å². The van der Waals surface area contributed by atoms with Gasteiger partial charge in [-0.1, -0.05) is 31.0 Å². The Balaban J connectivity index is 1.24. The van der Waals surface area contributed by atoms with Crippen molar-refractivity contribution in [1.29, 1.82) is 0 Å². The molecule has 0 radical (unpaired) electrons. The first kappa shape index (κ1) is 19.8. The molecule has 2 aromatic carbocycles. The molecule has 6 heteroatoms. The van der Waals surface area contributed by atoms with E-state index in [0.29, 0.717) is 16.7 Å². The molecule has 2 amide bonds. The van der Waals surface area contributed by atoms with Crippen LogP contribution in [0.5, 0.6) is 0 Å². The van der Waals surface area contributed by atoms with Crippen LogP contribution in [-0.4, -0.2) is 48.9 Å². The van der Waals surface area contributed by atoms with E-state index < -0.39 is 0 Å². The summed E-state index contributed by atoms with van der Waals surface area (Å²) in [6, 6.07) is 16.3. The number of rotatable bonds is 4. The number of amides is 2. The summed E-state index contributed by atoms with van der Waals surface area (Å²) in [7, 11) is 0. The van der Waals surface area contributed by atoms with Gasteiger partial charge in [0.15, 0.2) is 0 Å². The smallest absolute Gasteiger partial charge is 0.260 e. The van der Waals surface area contributed by atoms with Gasteiger partial charge in [0.1, 0.15) is 0 Å². The molecule has 6 nitrogen and oxygen atoms in total. The fourth-order valence-electron chi connectivity index (χ4n) is 4.96. The van der Waals surface area contributed by atoms with Crippen LogP contribution in [0.2, 0.25) is 0 Å². The van der Waals surface area contributed by atoms with Gasteiger partial charge in [0.2, 0.25) is 0 Å². The lowest BCUT2D eigenvalue weighted by molar-refractivity contribution is -0.114. The summed E-state index contributed by atoms with van der Waals surface area (Å²) in [6.07, 6.45) is 7.19. The monoisotopic (exact) mass is 416 g/mol. The molecule has 2 aromatic rings. The van der Waals surface area contributed by atoms with Crippen molar-refractivity contribution in [3.8, 4) is 0 Å². The maximum Gasteiger partial charge on any atom is 0.260 e. The summed E-state index contributed by atoms with van der Waals surface area (Å²) in [5.41, 5.74) is 3.77. The van der Waals surface area contributed by atoms with Crippen molar-refractivity contribution in [3.05, 3.63) is 65.9 Å². The fourth-order valence-corrected chi connectivity index (χ4v) is 4.96. The Kier molecular flexibility index (Phi) is 5.47. The largest absolute Gasteiger partial charge is 0.369 e. The van der Waals surface area contributed by atoms with Gasteiger partial charge < -0.3 is 10.2 Å². The van der Waals surface area contributed by atoms with E-state index in [1.165, 1.54) is 31.4 Å². The zero-order chi connectivity index (χ0) is 21.2. The average Bonchev–Trinajstić information content (AvgIpc) is 3.35. The van der Waals surface area contributed by atoms with E-state index in [2.05, 4.69) is 32.6 Å². The number of benzene rings is 2. The van der Waals surface area contributed by atoms with E-state index >= 15 is 0 Å². The van der Waals surface area contributed by atoms with E-state index in [-0.39, 0.29) is 11.8 Å². The Bertz CT molecular complexity index is 1000. The van der Waals surface area contributed by atoms with Crippen molar-refractivity contribution in [3.63, 3.8) is 0 Å². The van der Waals surface area contributed by atoms with Crippen LogP contribution >= 0.6 is 0 Å². The second kappa shape index (κ2) is 8.55. The molecule has 31 heavy (non-hydrogen) atoms. The molecule has 0 unspecified atom stereocenters. The van der Waals surface area contributed by atoms with Gasteiger partial charge >= 0.3 is 0 Å². The summed E-state index contributed by atoms with van der Waals surface area (Å²) in [5, 5.41) is 5.61. The third-order valence-electron chi connectivity index (χ3n) is 6.70. The Labute approximate surface area is 182 Å². The van der Waals surface area contributed by atoms with Gasteiger partial charge in [-0.15, -0.1) is 0 Å². The molecule has 3 aliphatic rings. The van der Waals surface area contributed by atoms with E-state index in [1.807, 2.05) is 18.2 Å². The predicted molar refractivity (Wildman–Crippen MR) is 123 cm³/mol. The molecular weight excluding hydrogens is 388 g/mol. The standard InChI is InChI=1S/C25H28N4O2/c30-24-22-8-4-3-7-21(22)23(25(31)27-24)17-26-18-9-11-20(12-10-18)29-15-13-28(14-16-29)19-5-1-2-6-19/h3-4,7-12,17,19,26H,1-2,5-6,13-16H2,(H,27,30,31). The Morgan fingerprint density at radius 2 is 1.52 bits per heavy atom. The summed E-state index contributed by atoms with van der Waals surface area (Å²) in [5.74, 6) is -0.733. The first-order chi connectivity index (χ1) is 15.2. The number of imide groups is 1. The molecule has 0 aromatic heterocycles. The first-order valence-electron chi connectivity index (χ1n) is 11.2. The van der Waals surface area contributed by atoms with Crippen LogP contribution in [0.1, 0.15) is 41.6 Å². The van der Waals surface area contributed by atoms with E-state index in [1.54, 1.807) is 24.4 Å². The van der Waals surface area contributed by atoms with Crippen molar-refractivity contribution in [2.45, 2.75) is 31.7 Å². The van der Waals surface area contributed by atoms with Crippen molar-refractivity contribution < 1.29 is 9.59 Å². The molecule has 0 atom stereocenters. The Morgan fingerprint density at radius 1 is 0.839 bits per heavy atom. The predicted octanol–water partition coefficient (Wildman–Crippen LogP) is 3.47. The van der Waals surface area contributed by atoms with Crippen LogP contribution in [0.3, 0.4) is 0 Å². The lowest BCUT2D eigenvalue weighted by Gasteiger charge is -2.39. The Morgan fingerprint density at radius 3 is 2.23 bits per heavy atom. The number of piperazine rings is 1. The van der Waals surface area contributed by atoms with Crippen molar-refractivity contribution in [2.24, 2.45) is 0 Å². The highest BCUT2D eigenvalue weighted by molar-refractivity contribution is 6.31. The summed E-state index contributed by atoms with van der Waals surface area (Å²) in [4.78, 5) is 29.5. The minimum atomic E-state index is -0.382. The molecule has 0 bridgehead atoms. The summed E-state index contributed by atoms with van der Waals surface area (Å²) >= 11 is 0.